The van der Waals surface area contributed by atoms with Gasteiger partial charge in [0.25, 0.3) is 0 Å². The normalized spacial score (nSPS) is 11.2. The largest absolute Gasteiger partial charge is 0.338 e. The summed E-state index contributed by atoms with van der Waals surface area (Å²) in [6.07, 6.45) is 3.34. The molecule has 0 heterocycles. The topological polar surface area (TPSA) is 58.2 Å². The van der Waals surface area contributed by atoms with Gasteiger partial charge in [-0.15, -0.1) is 0 Å². The number of nitrogens with one attached hydrogen (secondary N) is 2. The summed E-state index contributed by atoms with van der Waals surface area (Å²) >= 11 is 0. The summed E-state index contributed by atoms with van der Waals surface area (Å²) in [5.41, 5.74) is 3.38. The molecule has 0 radical (unpaired) electrons. The molecule has 2 N–H and O–H groups in total. The Morgan fingerprint density at radius 2 is 1.83 bits per heavy atom. The lowest BCUT2D eigenvalue weighted by Gasteiger charge is -2.18. The second-order valence-electron chi connectivity index (χ2n) is 3.95. The van der Waals surface area contributed by atoms with E-state index in [1.54, 1.807) is 0 Å². The van der Waals surface area contributed by atoms with Gasteiger partial charge >= 0.3 is 0 Å². The maximum Gasteiger partial charge on any atom is 0.208 e. The average molecular weight is 246 g/mol. The standard InChI is InChI=1S/C14H18N2O2/c1-3-12(8-14(15-9-17)16-10-18)13-7-5-4-6-11(13)2/h3-7,9-10,14H,8H2,1-2H3,(H,15,17)(H,16,18)/b12-3-. The van der Waals surface area contributed by atoms with Crippen LogP contribution >= 0.6 is 0 Å². The van der Waals surface area contributed by atoms with E-state index in [9.17, 15) is 9.59 Å². The zero-order valence-corrected chi connectivity index (χ0v) is 10.6. The molecule has 4 heteroatoms. The second-order valence-corrected chi connectivity index (χ2v) is 3.95. The smallest absolute Gasteiger partial charge is 0.208 e. The zero-order valence-electron chi connectivity index (χ0n) is 10.6. The van der Waals surface area contributed by atoms with Gasteiger partial charge in [-0.3, -0.25) is 9.59 Å². The van der Waals surface area contributed by atoms with Crippen LogP contribution in [0, 0.1) is 6.92 Å². The Labute approximate surface area is 107 Å². The van der Waals surface area contributed by atoms with E-state index in [4.69, 9.17) is 0 Å². The van der Waals surface area contributed by atoms with E-state index in [0.717, 1.165) is 11.1 Å². The molecule has 0 fully saturated rings. The number of allylic oxidation sites excluding steroid dienone is 1. The van der Waals surface area contributed by atoms with Crippen LogP contribution in [0.1, 0.15) is 24.5 Å². The fraction of sp³-hybridized carbons (Fsp3) is 0.286. The van der Waals surface area contributed by atoms with Crippen molar-refractivity contribution in [3.63, 3.8) is 0 Å². The number of amides is 2. The maximum atomic E-state index is 10.5. The van der Waals surface area contributed by atoms with Crippen molar-refractivity contribution in [1.82, 2.24) is 10.6 Å². The Morgan fingerprint density at radius 1 is 1.22 bits per heavy atom. The molecule has 1 rings (SSSR count). The van der Waals surface area contributed by atoms with Gasteiger partial charge in [0.15, 0.2) is 0 Å². The average Bonchev–Trinajstić information content (AvgIpc) is 2.37. The molecule has 0 aromatic heterocycles. The number of carbonyl (C=O) groups is 2. The van der Waals surface area contributed by atoms with Crippen LogP contribution in [-0.2, 0) is 9.59 Å². The molecule has 0 atom stereocenters. The number of hydrogen-bond donors (Lipinski definition) is 2. The van der Waals surface area contributed by atoms with Crippen molar-refractivity contribution < 1.29 is 9.59 Å². The van der Waals surface area contributed by atoms with Gasteiger partial charge in [-0.1, -0.05) is 30.3 Å². The SMILES string of the molecule is C/C=C(/CC(NC=O)NC=O)c1ccccc1C. The predicted octanol–water partition coefficient (Wildman–Crippen LogP) is 1.61. The first-order chi connectivity index (χ1) is 8.72. The second kappa shape index (κ2) is 7.27. The minimum absolute atomic E-state index is 0.384. The summed E-state index contributed by atoms with van der Waals surface area (Å²) in [6, 6.07) is 8.02. The Kier molecular flexibility index (Phi) is 5.64. The molecule has 1 aromatic rings. The molecule has 0 unspecified atom stereocenters. The molecular formula is C14H18N2O2. The van der Waals surface area contributed by atoms with Gasteiger partial charge < -0.3 is 10.6 Å². The van der Waals surface area contributed by atoms with Crippen LogP contribution in [0.2, 0.25) is 0 Å². The first-order valence-electron chi connectivity index (χ1n) is 5.83. The highest BCUT2D eigenvalue weighted by molar-refractivity contribution is 5.69. The van der Waals surface area contributed by atoms with Gasteiger partial charge in [-0.2, -0.15) is 0 Å². The lowest BCUT2D eigenvalue weighted by molar-refractivity contribution is -0.112. The van der Waals surface area contributed by atoms with Crippen LogP contribution in [0.3, 0.4) is 0 Å². The van der Waals surface area contributed by atoms with Gasteiger partial charge in [0.05, 0.1) is 0 Å². The minimum atomic E-state index is -0.384. The third-order valence-electron chi connectivity index (χ3n) is 2.80. The number of hydrogen-bond acceptors (Lipinski definition) is 2. The van der Waals surface area contributed by atoms with E-state index in [-0.39, 0.29) is 6.17 Å². The first kappa shape index (κ1) is 14.0. The van der Waals surface area contributed by atoms with Crippen molar-refractivity contribution in [2.45, 2.75) is 26.4 Å². The van der Waals surface area contributed by atoms with Crippen LogP contribution in [0.4, 0.5) is 0 Å². The molecule has 0 bridgehead atoms. The number of benzene rings is 1. The Balaban J connectivity index is 2.87. The van der Waals surface area contributed by atoms with Gasteiger partial charge in [0.2, 0.25) is 12.8 Å². The highest BCUT2D eigenvalue weighted by Gasteiger charge is 2.11. The van der Waals surface area contributed by atoms with Gasteiger partial charge in [-0.25, -0.2) is 0 Å². The number of carbonyl (C=O) groups excluding carboxylic acids is 2. The Hall–Kier alpha value is -2.10. The fourth-order valence-corrected chi connectivity index (χ4v) is 1.87. The lowest BCUT2D eigenvalue weighted by atomic mass is 9.97. The van der Waals surface area contributed by atoms with Crippen molar-refractivity contribution in [2.24, 2.45) is 0 Å². The summed E-state index contributed by atoms with van der Waals surface area (Å²) in [5, 5.41) is 5.15. The molecule has 0 spiro atoms. The summed E-state index contributed by atoms with van der Waals surface area (Å²) in [5.74, 6) is 0. The number of rotatable bonds is 7. The van der Waals surface area contributed by atoms with E-state index in [1.165, 1.54) is 5.56 Å². The van der Waals surface area contributed by atoms with Crippen LogP contribution in [0.15, 0.2) is 30.3 Å². The summed E-state index contributed by atoms with van der Waals surface area (Å²) < 4.78 is 0. The fourth-order valence-electron chi connectivity index (χ4n) is 1.87. The Bertz CT molecular complexity index is 431. The van der Waals surface area contributed by atoms with Crippen LogP contribution in [0.25, 0.3) is 5.57 Å². The highest BCUT2D eigenvalue weighted by atomic mass is 16.1. The van der Waals surface area contributed by atoms with Crippen molar-refractivity contribution in [3.05, 3.63) is 41.5 Å². The third kappa shape index (κ3) is 3.73. The zero-order chi connectivity index (χ0) is 13.4. The van der Waals surface area contributed by atoms with E-state index < -0.39 is 0 Å². The van der Waals surface area contributed by atoms with Crippen LogP contribution in [0.5, 0.6) is 0 Å². The monoisotopic (exact) mass is 246 g/mol. The molecule has 0 saturated carbocycles. The molecule has 0 saturated heterocycles. The van der Waals surface area contributed by atoms with Crippen molar-refractivity contribution in [1.29, 1.82) is 0 Å². The lowest BCUT2D eigenvalue weighted by Crippen LogP contribution is -2.40. The van der Waals surface area contributed by atoms with Crippen LogP contribution in [-0.4, -0.2) is 19.0 Å². The molecule has 0 aliphatic rings. The van der Waals surface area contributed by atoms with Gasteiger partial charge in [-0.05, 0) is 30.5 Å². The predicted molar refractivity (Wildman–Crippen MR) is 71.6 cm³/mol. The van der Waals surface area contributed by atoms with E-state index in [0.29, 0.717) is 19.2 Å². The molecule has 2 amide bonds. The number of aryl methyl sites for hydroxylation is 1. The van der Waals surface area contributed by atoms with E-state index >= 15 is 0 Å². The summed E-state index contributed by atoms with van der Waals surface area (Å²) in [6.45, 7) is 3.98. The molecular weight excluding hydrogens is 228 g/mol. The molecule has 0 aliphatic carbocycles. The summed E-state index contributed by atoms with van der Waals surface area (Å²) in [4.78, 5) is 21.0. The van der Waals surface area contributed by atoms with Gasteiger partial charge in [0.1, 0.15) is 6.17 Å². The highest BCUT2D eigenvalue weighted by Crippen LogP contribution is 2.22. The van der Waals surface area contributed by atoms with Crippen molar-refractivity contribution in [2.75, 3.05) is 0 Å². The van der Waals surface area contributed by atoms with E-state index in [2.05, 4.69) is 10.6 Å². The molecule has 0 aliphatic heterocycles. The molecule has 4 nitrogen and oxygen atoms in total. The van der Waals surface area contributed by atoms with Crippen molar-refractivity contribution in [3.8, 4) is 0 Å². The molecule has 1 aromatic carbocycles. The van der Waals surface area contributed by atoms with Gasteiger partial charge in [0, 0.05) is 6.42 Å². The maximum absolute atomic E-state index is 10.5. The Morgan fingerprint density at radius 3 is 2.33 bits per heavy atom. The quantitative estimate of drug-likeness (QED) is 0.567. The first-order valence-corrected chi connectivity index (χ1v) is 5.83. The van der Waals surface area contributed by atoms with E-state index in [1.807, 2.05) is 44.2 Å². The molecule has 96 valence electrons. The van der Waals surface area contributed by atoms with Crippen LogP contribution < -0.4 is 10.6 Å². The van der Waals surface area contributed by atoms with Crippen molar-refractivity contribution >= 4 is 18.4 Å². The third-order valence-corrected chi connectivity index (χ3v) is 2.80. The summed E-state index contributed by atoms with van der Waals surface area (Å²) in [7, 11) is 0. The molecule has 18 heavy (non-hydrogen) atoms. The minimum Gasteiger partial charge on any atom is -0.338 e.